The van der Waals surface area contributed by atoms with Crippen LogP contribution in [0.5, 0.6) is 5.75 Å². The number of carbonyl (C=O) groups is 1. The zero-order valence-corrected chi connectivity index (χ0v) is 18.1. The molecule has 0 bridgehead atoms. The smallest absolute Gasteiger partial charge is 0.335 e. The van der Waals surface area contributed by atoms with Crippen LogP contribution in [0.15, 0.2) is 85.1 Å². The summed E-state index contributed by atoms with van der Waals surface area (Å²) in [6.45, 7) is 2.27. The fourth-order valence-corrected chi connectivity index (χ4v) is 3.03. The van der Waals surface area contributed by atoms with Gasteiger partial charge in [-0.2, -0.15) is 5.10 Å². The lowest BCUT2D eigenvalue weighted by atomic mass is 10.2. The molecule has 0 fully saturated rings. The van der Waals surface area contributed by atoms with Gasteiger partial charge in [-0.1, -0.05) is 42.5 Å². The van der Waals surface area contributed by atoms with E-state index in [1.54, 1.807) is 30.3 Å². The standard InChI is InChI=1S/C18H22N4O2.C7H6O2/c23-14(13-24-15-5-2-1-3-6-15)11-19-9-10-20-17-7-4-8-18-16(17)12-21-22-18;8-7(9)6-4-2-1-3-5-6/h1-8,12,14,19-20,23H,9-11,13H2,(H,21,22);1-5H,(H,8,9). The first-order valence-corrected chi connectivity index (χ1v) is 10.6. The highest BCUT2D eigenvalue weighted by Crippen LogP contribution is 2.20. The summed E-state index contributed by atoms with van der Waals surface area (Å²) >= 11 is 0. The molecule has 0 amide bonds. The molecule has 0 saturated heterocycles. The third-order valence-corrected chi connectivity index (χ3v) is 4.69. The second kappa shape index (κ2) is 12.8. The molecule has 33 heavy (non-hydrogen) atoms. The van der Waals surface area contributed by atoms with E-state index in [2.05, 4.69) is 20.8 Å². The minimum Gasteiger partial charge on any atom is -0.491 e. The van der Waals surface area contributed by atoms with Crippen LogP contribution in [0.25, 0.3) is 10.9 Å². The van der Waals surface area contributed by atoms with Crippen LogP contribution in [0.4, 0.5) is 5.69 Å². The number of carboxylic acids is 1. The molecule has 0 spiro atoms. The van der Waals surface area contributed by atoms with E-state index in [-0.39, 0.29) is 6.61 Å². The van der Waals surface area contributed by atoms with Gasteiger partial charge in [0.25, 0.3) is 0 Å². The Morgan fingerprint density at radius 1 is 0.970 bits per heavy atom. The molecule has 172 valence electrons. The molecule has 0 aliphatic carbocycles. The quantitative estimate of drug-likeness (QED) is 0.236. The number of carboxylic acid groups (broad SMARTS) is 1. The number of rotatable bonds is 10. The fourth-order valence-electron chi connectivity index (χ4n) is 3.03. The SMILES string of the molecule is O=C(O)c1ccccc1.OC(CNCCNc1cccc2[nH]ncc12)COc1ccccc1. The largest absolute Gasteiger partial charge is 0.491 e. The maximum Gasteiger partial charge on any atom is 0.335 e. The molecule has 1 atom stereocenters. The van der Waals surface area contributed by atoms with Crippen molar-refractivity contribution >= 4 is 22.6 Å². The summed E-state index contributed by atoms with van der Waals surface area (Å²) in [6.07, 6.45) is 1.28. The summed E-state index contributed by atoms with van der Waals surface area (Å²) in [7, 11) is 0. The van der Waals surface area contributed by atoms with Crippen LogP contribution in [0.1, 0.15) is 10.4 Å². The molecule has 1 unspecified atom stereocenters. The predicted octanol–water partition coefficient (Wildman–Crippen LogP) is 3.39. The number of benzene rings is 3. The molecule has 0 radical (unpaired) electrons. The number of nitrogens with zero attached hydrogens (tertiary/aromatic N) is 1. The molecule has 0 aliphatic heterocycles. The van der Waals surface area contributed by atoms with E-state index in [9.17, 15) is 9.90 Å². The Labute approximate surface area is 192 Å². The predicted molar refractivity (Wildman–Crippen MR) is 129 cm³/mol. The topological polar surface area (TPSA) is 120 Å². The van der Waals surface area contributed by atoms with Crippen LogP contribution in [0, 0.1) is 0 Å². The van der Waals surface area contributed by atoms with Crippen molar-refractivity contribution in [3.05, 3.63) is 90.6 Å². The average Bonchev–Trinajstić information content (AvgIpc) is 3.34. The molecule has 0 saturated carbocycles. The van der Waals surface area contributed by atoms with Crippen LogP contribution < -0.4 is 15.4 Å². The summed E-state index contributed by atoms with van der Waals surface area (Å²) in [5.74, 6) is -0.109. The maximum absolute atomic E-state index is 10.2. The van der Waals surface area contributed by atoms with Gasteiger partial charge in [0.15, 0.2) is 0 Å². The van der Waals surface area contributed by atoms with Gasteiger partial charge >= 0.3 is 5.97 Å². The Kier molecular flexibility index (Phi) is 9.26. The Bertz CT molecular complexity index is 1100. The number of anilines is 1. The zero-order chi connectivity index (χ0) is 23.3. The second-order valence-electron chi connectivity index (χ2n) is 7.22. The summed E-state index contributed by atoms with van der Waals surface area (Å²) in [5, 5.41) is 33.0. The van der Waals surface area contributed by atoms with E-state index in [0.29, 0.717) is 12.1 Å². The highest BCUT2D eigenvalue weighted by Gasteiger charge is 2.05. The number of nitrogens with one attached hydrogen (secondary N) is 3. The number of H-pyrrole nitrogens is 1. The number of ether oxygens (including phenoxy) is 1. The Hall–Kier alpha value is -3.88. The van der Waals surface area contributed by atoms with Crippen molar-refractivity contribution < 1.29 is 19.7 Å². The van der Waals surface area contributed by atoms with Gasteiger partial charge in [0.05, 0.1) is 17.3 Å². The Morgan fingerprint density at radius 2 is 1.70 bits per heavy atom. The number of aromatic carboxylic acids is 1. The van der Waals surface area contributed by atoms with E-state index < -0.39 is 12.1 Å². The maximum atomic E-state index is 10.2. The highest BCUT2D eigenvalue weighted by molar-refractivity contribution is 5.90. The van der Waals surface area contributed by atoms with Gasteiger partial charge in [-0.15, -0.1) is 0 Å². The lowest BCUT2D eigenvalue weighted by molar-refractivity contribution is 0.0697. The van der Waals surface area contributed by atoms with Gasteiger partial charge in [-0.3, -0.25) is 5.10 Å². The number of fused-ring (bicyclic) bond motifs is 1. The fraction of sp³-hybridized carbons (Fsp3) is 0.200. The minimum absolute atomic E-state index is 0.277. The molecule has 5 N–H and O–H groups in total. The van der Waals surface area contributed by atoms with Gasteiger partial charge in [-0.05, 0) is 36.4 Å². The van der Waals surface area contributed by atoms with Crippen LogP contribution in [0.3, 0.4) is 0 Å². The lowest BCUT2D eigenvalue weighted by Gasteiger charge is -2.14. The van der Waals surface area contributed by atoms with Gasteiger partial charge in [0, 0.05) is 30.7 Å². The first-order chi connectivity index (χ1) is 16.1. The number of hydrogen-bond acceptors (Lipinski definition) is 6. The van der Waals surface area contributed by atoms with Crippen molar-refractivity contribution in [3.63, 3.8) is 0 Å². The van der Waals surface area contributed by atoms with Crippen LogP contribution in [-0.4, -0.2) is 58.7 Å². The van der Waals surface area contributed by atoms with Crippen molar-refractivity contribution in [2.45, 2.75) is 6.10 Å². The van der Waals surface area contributed by atoms with Crippen molar-refractivity contribution in [2.24, 2.45) is 0 Å². The normalized spacial score (nSPS) is 11.3. The number of aromatic amines is 1. The van der Waals surface area contributed by atoms with Crippen LogP contribution in [0.2, 0.25) is 0 Å². The van der Waals surface area contributed by atoms with Gasteiger partial charge in [0.2, 0.25) is 0 Å². The number of aliphatic hydroxyl groups excluding tert-OH is 1. The summed E-state index contributed by atoms with van der Waals surface area (Å²) < 4.78 is 5.52. The van der Waals surface area contributed by atoms with Gasteiger partial charge < -0.3 is 25.6 Å². The van der Waals surface area contributed by atoms with E-state index in [1.807, 2.05) is 54.7 Å². The molecule has 8 heteroatoms. The summed E-state index contributed by atoms with van der Waals surface area (Å²) in [6, 6.07) is 23.8. The number of aromatic nitrogens is 2. The highest BCUT2D eigenvalue weighted by atomic mass is 16.5. The molecule has 1 aromatic heterocycles. The van der Waals surface area contributed by atoms with E-state index in [0.717, 1.165) is 35.4 Å². The van der Waals surface area contributed by atoms with Crippen LogP contribution >= 0.6 is 0 Å². The van der Waals surface area contributed by atoms with Crippen LogP contribution in [-0.2, 0) is 0 Å². The number of aliphatic hydroxyl groups is 1. The molecule has 3 aromatic carbocycles. The Morgan fingerprint density at radius 3 is 2.39 bits per heavy atom. The number of hydrogen-bond donors (Lipinski definition) is 5. The Balaban J connectivity index is 0.000000286. The zero-order valence-electron chi connectivity index (χ0n) is 18.1. The van der Waals surface area contributed by atoms with E-state index in [1.165, 1.54) is 0 Å². The molecule has 8 nitrogen and oxygen atoms in total. The minimum atomic E-state index is -0.879. The second-order valence-corrected chi connectivity index (χ2v) is 7.22. The first kappa shape index (κ1) is 23.8. The monoisotopic (exact) mass is 448 g/mol. The average molecular weight is 449 g/mol. The van der Waals surface area contributed by atoms with Gasteiger partial charge in [-0.25, -0.2) is 4.79 Å². The first-order valence-electron chi connectivity index (χ1n) is 10.6. The summed E-state index contributed by atoms with van der Waals surface area (Å²) in [5.41, 5.74) is 2.40. The van der Waals surface area contributed by atoms with Crippen molar-refractivity contribution in [1.82, 2.24) is 15.5 Å². The number of para-hydroxylation sites is 1. The molecular weight excluding hydrogens is 420 g/mol. The third kappa shape index (κ3) is 7.95. The molecule has 4 rings (SSSR count). The van der Waals surface area contributed by atoms with Crippen molar-refractivity contribution in [2.75, 3.05) is 31.6 Å². The molecule has 1 heterocycles. The van der Waals surface area contributed by atoms with Crippen molar-refractivity contribution in [1.29, 1.82) is 0 Å². The van der Waals surface area contributed by atoms with Gasteiger partial charge in [0.1, 0.15) is 18.5 Å². The molecular formula is C25H28N4O4. The third-order valence-electron chi connectivity index (χ3n) is 4.69. The van der Waals surface area contributed by atoms with E-state index >= 15 is 0 Å². The van der Waals surface area contributed by atoms with E-state index in [4.69, 9.17) is 9.84 Å². The molecule has 4 aromatic rings. The summed E-state index contributed by atoms with van der Waals surface area (Å²) in [4.78, 5) is 10.2. The van der Waals surface area contributed by atoms with Crippen molar-refractivity contribution in [3.8, 4) is 5.75 Å². The molecule has 0 aliphatic rings. The lowest BCUT2D eigenvalue weighted by Crippen LogP contribution is -2.34.